The minimum absolute atomic E-state index is 0.0581. The van der Waals surface area contributed by atoms with Gasteiger partial charge in [-0.3, -0.25) is 10.1 Å². The molecule has 0 spiro atoms. The van der Waals surface area contributed by atoms with Crippen LogP contribution in [0.15, 0.2) is 6.20 Å². The molecule has 7 heteroatoms. The first-order valence-corrected chi connectivity index (χ1v) is 6.00. The highest BCUT2D eigenvalue weighted by atomic mass is 32.1. The fraction of sp³-hybridized carbons (Fsp3) is 0.667. The van der Waals surface area contributed by atoms with Crippen molar-refractivity contribution in [1.29, 1.82) is 0 Å². The third-order valence-electron chi connectivity index (χ3n) is 2.03. The molecule has 1 aromatic heterocycles. The molecule has 0 bridgehead atoms. The summed E-state index contributed by atoms with van der Waals surface area (Å²) in [6.45, 7) is 1.00. The summed E-state index contributed by atoms with van der Waals surface area (Å²) >= 11 is 1.05. The van der Waals surface area contributed by atoms with Crippen molar-refractivity contribution < 1.29 is 10.0 Å². The average Bonchev–Trinajstić information content (AvgIpc) is 2.72. The molecule has 6 nitrogen and oxygen atoms in total. The average molecular weight is 245 g/mol. The van der Waals surface area contributed by atoms with E-state index >= 15 is 0 Å². The molecule has 16 heavy (non-hydrogen) atoms. The molecular weight excluding hydrogens is 230 g/mol. The van der Waals surface area contributed by atoms with Gasteiger partial charge < -0.3 is 10.4 Å². The Kier molecular flexibility index (Phi) is 5.73. The monoisotopic (exact) mass is 245 g/mol. The fourth-order valence-corrected chi connectivity index (χ4v) is 1.88. The fourth-order valence-electron chi connectivity index (χ4n) is 1.22. The van der Waals surface area contributed by atoms with Crippen molar-refractivity contribution in [1.82, 2.24) is 4.98 Å². The lowest BCUT2D eigenvalue weighted by Crippen LogP contribution is -2.00. The summed E-state index contributed by atoms with van der Waals surface area (Å²) < 4.78 is 0. The van der Waals surface area contributed by atoms with Crippen molar-refractivity contribution in [3.63, 3.8) is 0 Å². The van der Waals surface area contributed by atoms with Crippen LogP contribution in [0.4, 0.5) is 10.1 Å². The number of unbranched alkanes of at least 4 members (excludes halogenated alkanes) is 3. The van der Waals surface area contributed by atoms with E-state index in [-0.39, 0.29) is 11.6 Å². The molecule has 1 heterocycles. The molecule has 0 radical (unpaired) electrons. The summed E-state index contributed by atoms with van der Waals surface area (Å²) in [5.41, 5.74) is 0. The second-order valence-corrected chi connectivity index (χ2v) is 4.33. The highest BCUT2D eigenvalue weighted by molar-refractivity contribution is 7.18. The zero-order chi connectivity index (χ0) is 11.8. The molecule has 1 aromatic rings. The Morgan fingerprint density at radius 2 is 2.19 bits per heavy atom. The van der Waals surface area contributed by atoms with E-state index in [2.05, 4.69) is 10.3 Å². The number of anilines is 1. The molecule has 90 valence electrons. The summed E-state index contributed by atoms with van der Waals surface area (Å²) in [6, 6.07) is 0. The maximum absolute atomic E-state index is 10.4. The van der Waals surface area contributed by atoms with Crippen molar-refractivity contribution in [3.8, 4) is 0 Å². The molecule has 1 rings (SSSR count). The first-order chi connectivity index (χ1) is 7.74. The SMILES string of the molecule is O=[N+]([O-])c1cnc(NCCCCCCO)s1. The third kappa shape index (κ3) is 4.54. The maximum atomic E-state index is 10.4. The number of nitro groups is 1. The summed E-state index contributed by atoms with van der Waals surface area (Å²) in [4.78, 5) is 13.8. The molecule has 0 aliphatic heterocycles. The van der Waals surface area contributed by atoms with E-state index in [1.54, 1.807) is 0 Å². The van der Waals surface area contributed by atoms with Gasteiger partial charge in [-0.25, -0.2) is 4.98 Å². The highest BCUT2D eigenvalue weighted by Gasteiger charge is 2.10. The number of thiazole rings is 1. The minimum Gasteiger partial charge on any atom is -0.396 e. The van der Waals surface area contributed by atoms with Gasteiger partial charge in [0, 0.05) is 13.2 Å². The standard InChI is InChI=1S/C9H15N3O3S/c13-6-4-2-1-3-5-10-9-11-7-8(16-9)12(14)15/h7,13H,1-6H2,(H,10,11). The Morgan fingerprint density at radius 1 is 1.44 bits per heavy atom. The summed E-state index contributed by atoms with van der Waals surface area (Å²) in [7, 11) is 0. The van der Waals surface area contributed by atoms with Crippen molar-refractivity contribution in [2.24, 2.45) is 0 Å². The number of nitrogens with one attached hydrogen (secondary N) is 1. The topological polar surface area (TPSA) is 88.3 Å². The minimum atomic E-state index is -0.440. The molecule has 0 unspecified atom stereocenters. The van der Waals surface area contributed by atoms with Crippen LogP contribution in [0.2, 0.25) is 0 Å². The number of aliphatic hydroxyl groups excluding tert-OH is 1. The van der Waals surface area contributed by atoms with E-state index < -0.39 is 4.92 Å². The molecule has 0 amide bonds. The molecule has 0 aromatic carbocycles. The van der Waals surface area contributed by atoms with Crippen molar-refractivity contribution in [2.75, 3.05) is 18.5 Å². The van der Waals surface area contributed by atoms with Gasteiger partial charge in [-0.1, -0.05) is 12.8 Å². The number of hydrogen-bond donors (Lipinski definition) is 2. The molecular formula is C9H15N3O3S. The summed E-state index contributed by atoms with van der Waals surface area (Å²) in [5, 5.41) is 22.6. The molecule has 0 atom stereocenters. The first-order valence-electron chi connectivity index (χ1n) is 5.19. The lowest BCUT2D eigenvalue weighted by Gasteiger charge is -2.01. The summed E-state index contributed by atoms with van der Waals surface area (Å²) in [5.74, 6) is 0. The van der Waals surface area contributed by atoms with E-state index in [1.807, 2.05) is 0 Å². The Bertz CT molecular complexity index is 330. The second-order valence-electron chi connectivity index (χ2n) is 3.33. The van der Waals surface area contributed by atoms with Gasteiger partial charge in [0.1, 0.15) is 6.20 Å². The normalized spacial score (nSPS) is 10.3. The Balaban J connectivity index is 2.14. The third-order valence-corrected chi connectivity index (χ3v) is 2.94. The van der Waals surface area contributed by atoms with Gasteiger partial charge in [0.2, 0.25) is 0 Å². The lowest BCUT2D eigenvalue weighted by molar-refractivity contribution is -0.380. The quantitative estimate of drug-likeness (QED) is 0.415. The molecule has 0 aliphatic rings. The Hall–Kier alpha value is -1.21. The Morgan fingerprint density at radius 3 is 2.81 bits per heavy atom. The van der Waals surface area contributed by atoms with Crippen LogP contribution in [0.1, 0.15) is 25.7 Å². The number of hydrogen-bond acceptors (Lipinski definition) is 6. The first kappa shape index (κ1) is 12.9. The van der Waals surface area contributed by atoms with Crippen LogP contribution in [-0.4, -0.2) is 28.2 Å². The van der Waals surface area contributed by atoms with Crippen molar-refractivity contribution in [3.05, 3.63) is 16.3 Å². The molecule has 2 N–H and O–H groups in total. The van der Waals surface area contributed by atoms with Gasteiger partial charge in [-0.2, -0.15) is 0 Å². The van der Waals surface area contributed by atoms with E-state index in [0.717, 1.165) is 43.6 Å². The van der Waals surface area contributed by atoms with Crippen LogP contribution >= 0.6 is 11.3 Å². The van der Waals surface area contributed by atoms with E-state index in [4.69, 9.17) is 5.11 Å². The van der Waals surface area contributed by atoms with Crippen LogP contribution in [-0.2, 0) is 0 Å². The predicted octanol–water partition coefficient (Wildman–Crippen LogP) is 2.02. The van der Waals surface area contributed by atoms with Crippen molar-refractivity contribution >= 4 is 21.5 Å². The van der Waals surface area contributed by atoms with Gasteiger partial charge in [-0.05, 0) is 24.2 Å². The van der Waals surface area contributed by atoms with Crippen LogP contribution in [0.25, 0.3) is 0 Å². The number of aromatic nitrogens is 1. The van der Waals surface area contributed by atoms with Crippen LogP contribution in [0, 0.1) is 10.1 Å². The second kappa shape index (κ2) is 7.13. The summed E-state index contributed by atoms with van der Waals surface area (Å²) in [6.07, 6.45) is 5.13. The van der Waals surface area contributed by atoms with E-state index in [1.165, 1.54) is 6.20 Å². The van der Waals surface area contributed by atoms with Crippen LogP contribution < -0.4 is 5.32 Å². The largest absolute Gasteiger partial charge is 0.396 e. The maximum Gasteiger partial charge on any atom is 0.345 e. The zero-order valence-electron chi connectivity index (χ0n) is 8.89. The van der Waals surface area contributed by atoms with E-state index in [9.17, 15) is 10.1 Å². The van der Waals surface area contributed by atoms with Gasteiger partial charge in [0.15, 0.2) is 5.13 Å². The zero-order valence-corrected chi connectivity index (χ0v) is 9.70. The van der Waals surface area contributed by atoms with Gasteiger partial charge >= 0.3 is 5.00 Å². The lowest BCUT2D eigenvalue weighted by atomic mass is 10.2. The van der Waals surface area contributed by atoms with Gasteiger partial charge in [-0.15, -0.1) is 0 Å². The van der Waals surface area contributed by atoms with Crippen molar-refractivity contribution in [2.45, 2.75) is 25.7 Å². The molecule has 0 saturated carbocycles. The smallest absolute Gasteiger partial charge is 0.345 e. The predicted molar refractivity (Wildman–Crippen MR) is 62.8 cm³/mol. The Labute approximate surface area is 97.5 Å². The molecule has 0 aliphatic carbocycles. The van der Waals surface area contributed by atoms with Gasteiger partial charge in [0.05, 0.1) is 4.92 Å². The number of nitrogens with zero attached hydrogens (tertiary/aromatic N) is 2. The molecule has 0 fully saturated rings. The highest BCUT2D eigenvalue weighted by Crippen LogP contribution is 2.24. The molecule has 0 saturated heterocycles. The number of rotatable bonds is 8. The van der Waals surface area contributed by atoms with Gasteiger partial charge in [0.25, 0.3) is 0 Å². The number of aliphatic hydroxyl groups is 1. The van der Waals surface area contributed by atoms with Crippen LogP contribution in [0.5, 0.6) is 0 Å². The van der Waals surface area contributed by atoms with E-state index in [0.29, 0.717) is 5.13 Å². The van der Waals surface area contributed by atoms with Crippen LogP contribution in [0.3, 0.4) is 0 Å².